The van der Waals surface area contributed by atoms with Crippen LogP contribution in [0.2, 0.25) is 0 Å². The average molecular weight is 193 g/mol. The molecule has 4 heteroatoms. The highest BCUT2D eigenvalue weighted by Crippen LogP contribution is 2.09. The SMILES string of the molecule is CC(C)(C)C#CC(=O)O[SiH3].Cl. The zero-order chi connectivity index (χ0) is 8.20. The van der Waals surface area contributed by atoms with Crippen molar-refractivity contribution in [1.82, 2.24) is 0 Å². The fourth-order valence-electron chi connectivity index (χ4n) is 0.290. The summed E-state index contributed by atoms with van der Waals surface area (Å²) in [6.07, 6.45) is 0. The quantitative estimate of drug-likeness (QED) is 0.407. The van der Waals surface area contributed by atoms with Gasteiger partial charge in [0, 0.05) is 11.3 Å². The molecule has 0 aliphatic rings. The predicted octanol–water partition coefficient (Wildman–Crippen LogP) is 0.281. The van der Waals surface area contributed by atoms with Gasteiger partial charge in [0.25, 0.3) is 0 Å². The van der Waals surface area contributed by atoms with Gasteiger partial charge in [-0.2, -0.15) is 0 Å². The lowest BCUT2D eigenvalue weighted by Crippen LogP contribution is -2.03. The Labute approximate surface area is 76.7 Å². The Hall–Kier alpha value is -0.463. The molecule has 0 aliphatic carbocycles. The molecule has 11 heavy (non-hydrogen) atoms. The smallest absolute Gasteiger partial charge is 0.370 e. The molecule has 0 bridgehead atoms. The molecule has 0 unspecified atom stereocenters. The maximum Gasteiger partial charge on any atom is 0.370 e. The van der Waals surface area contributed by atoms with Gasteiger partial charge in [0.05, 0.1) is 0 Å². The summed E-state index contributed by atoms with van der Waals surface area (Å²) in [6, 6.07) is 0. The summed E-state index contributed by atoms with van der Waals surface area (Å²) in [5.74, 6) is 4.75. The van der Waals surface area contributed by atoms with Crippen molar-refractivity contribution >= 4 is 28.9 Å². The Kier molecular flexibility index (Phi) is 6.24. The van der Waals surface area contributed by atoms with Gasteiger partial charge in [0.2, 0.25) is 10.5 Å². The van der Waals surface area contributed by atoms with E-state index in [-0.39, 0.29) is 17.8 Å². The molecule has 0 aliphatic heterocycles. The fourth-order valence-corrected chi connectivity index (χ4v) is 0.392. The minimum atomic E-state index is -0.415. The molecule has 0 amide bonds. The topological polar surface area (TPSA) is 26.3 Å². The number of hydrogen-bond acceptors (Lipinski definition) is 2. The monoisotopic (exact) mass is 192 g/mol. The molecule has 0 atom stereocenters. The lowest BCUT2D eigenvalue weighted by Gasteiger charge is -2.06. The summed E-state index contributed by atoms with van der Waals surface area (Å²) in [7, 11) is 0.422. The van der Waals surface area contributed by atoms with Gasteiger partial charge in [-0.15, -0.1) is 12.4 Å². The lowest BCUT2D eigenvalue weighted by atomic mass is 9.98. The van der Waals surface area contributed by atoms with E-state index in [1.54, 1.807) is 0 Å². The molecule has 0 rings (SSSR count). The van der Waals surface area contributed by atoms with Crippen LogP contribution in [0.5, 0.6) is 0 Å². The van der Waals surface area contributed by atoms with Gasteiger partial charge >= 0.3 is 5.97 Å². The van der Waals surface area contributed by atoms with E-state index in [0.717, 1.165) is 0 Å². The minimum Gasteiger partial charge on any atom is -0.519 e. The van der Waals surface area contributed by atoms with Crippen LogP contribution in [0.15, 0.2) is 0 Å². The van der Waals surface area contributed by atoms with Crippen molar-refractivity contribution in [1.29, 1.82) is 0 Å². The van der Waals surface area contributed by atoms with Gasteiger partial charge in [-0.05, 0) is 20.8 Å². The Morgan fingerprint density at radius 2 is 1.91 bits per heavy atom. The number of rotatable bonds is 0. The molecule has 2 nitrogen and oxygen atoms in total. The molecule has 0 fully saturated rings. The molecule has 0 radical (unpaired) electrons. The maximum atomic E-state index is 10.5. The Morgan fingerprint density at radius 3 is 2.18 bits per heavy atom. The van der Waals surface area contributed by atoms with E-state index in [2.05, 4.69) is 16.3 Å². The highest BCUT2D eigenvalue weighted by molar-refractivity contribution is 6.09. The summed E-state index contributed by atoms with van der Waals surface area (Å²) < 4.78 is 4.47. The Balaban J connectivity index is 0. The van der Waals surface area contributed by atoms with Crippen molar-refractivity contribution in [2.24, 2.45) is 5.41 Å². The standard InChI is InChI=1S/C7H12O2Si.ClH/c1-7(2,3)5-4-6(8)9-10;/h1-3,10H3;1H. The summed E-state index contributed by atoms with van der Waals surface area (Å²) in [4.78, 5) is 10.5. The van der Waals surface area contributed by atoms with E-state index in [0.29, 0.717) is 10.5 Å². The van der Waals surface area contributed by atoms with Crippen LogP contribution in [0.3, 0.4) is 0 Å². The van der Waals surface area contributed by atoms with Crippen molar-refractivity contribution in [3.8, 4) is 11.8 Å². The van der Waals surface area contributed by atoms with Crippen molar-refractivity contribution in [3.05, 3.63) is 0 Å². The zero-order valence-corrected chi connectivity index (χ0v) is 10.0. The maximum absolute atomic E-state index is 10.5. The van der Waals surface area contributed by atoms with Crippen molar-refractivity contribution in [2.75, 3.05) is 0 Å². The van der Waals surface area contributed by atoms with Crippen molar-refractivity contribution < 1.29 is 9.22 Å². The second-order valence-corrected chi connectivity index (χ2v) is 3.40. The van der Waals surface area contributed by atoms with Crippen LogP contribution in [0.25, 0.3) is 0 Å². The second-order valence-electron chi connectivity index (χ2n) is 2.99. The van der Waals surface area contributed by atoms with E-state index < -0.39 is 5.97 Å². The molecule has 0 aromatic rings. The molecule has 0 saturated heterocycles. The third-order valence-corrected chi connectivity index (χ3v) is 1.10. The first-order chi connectivity index (χ1) is 4.45. The fraction of sp³-hybridized carbons (Fsp3) is 0.571. The van der Waals surface area contributed by atoms with Crippen LogP contribution in [0.1, 0.15) is 20.8 Å². The van der Waals surface area contributed by atoms with E-state index in [1.807, 2.05) is 20.8 Å². The molecule has 0 aromatic heterocycles. The number of halogens is 1. The van der Waals surface area contributed by atoms with Crippen LogP contribution in [0, 0.1) is 17.3 Å². The van der Waals surface area contributed by atoms with Gasteiger partial charge in [-0.25, -0.2) is 4.79 Å². The average Bonchev–Trinajstić information content (AvgIpc) is 1.81. The lowest BCUT2D eigenvalue weighted by molar-refractivity contribution is -0.127. The van der Waals surface area contributed by atoms with Crippen molar-refractivity contribution in [3.63, 3.8) is 0 Å². The molecule has 0 spiro atoms. The minimum absolute atomic E-state index is 0. The second kappa shape index (κ2) is 5.22. The van der Waals surface area contributed by atoms with E-state index in [4.69, 9.17) is 0 Å². The third kappa shape index (κ3) is 9.54. The normalized spacial score (nSPS) is 9.00. The highest BCUT2D eigenvalue weighted by atomic mass is 35.5. The third-order valence-electron chi connectivity index (χ3n) is 0.725. The summed E-state index contributed by atoms with van der Waals surface area (Å²) in [5.41, 5.74) is -0.115. The van der Waals surface area contributed by atoms with Gasteiger partial charge in [-0.1, -0.05) is 5.92 Å². The van der Waals surface area contributed by atoms with Gasteiger partial charge in [0.1, 0.15) is 0 Å². The van der Waals surface area contributed by atoms with Crippen molar-refractivity contribution in [2.45, 2.75) is 20.8 Å². The largest absolute Gasteiger partial charge is 0.519 e. The van der Waals surface area contributed by atoms with E-state index in [9.17, 15) is 4.79 Å². The number of carbonyl (C=O) groups excluding carboxylic acids is 1. The molecule has 0 N–H and O–H groups in total. The molecular formula is C7H13ClO2Si. The van der Waals surface area contributed by atoms with Gasteiger partial charge in [0.15, 0.2) is 0 Å². The first kappa shape index (κ1) is 13.2. The molecule has 0 aromatic carbocycles. The van der Waals surface area contributed by atoms with E-state index >= 15 is 0 Å². The predicted molar refractivity (Wildman–Crippen MR) is 50.5 cm³/mol. The highest BCUT2D eigenvalue weighted by Gasteiger charge is 2.04. The van der Waals surface area contributed by atoms with Gasteiger partial charge in [-0.3, -0.25) is 0 Å². The van der Waals surface area contributed by atoms with E-state index in [1.165, 1.54) is 0 Å². The summed E-state index contributed by atoms with van der Waals surface area (Å²) in [5, 5.41) is 0. The summed E-state index contributed by atoms with van der Waals surface area (Å²) in [6.45, 7) is 5.83. The molecule has 0 heterocycles. The van der Waals surface area contributed by atoms with Crippen LogP contribution >= 0.6 is 12.4 Å². The molecular weight excluding hydrogens is 180 g/mol. The number of carbonyl (C=O) groups is 1. The van der Waals surface area contributed by atoms with Crippen LogP contribution < -0.4 is 0 Å². The Morgan fingerprint density at radius 1 is 1.45 bits per heavy atom. The van der Waals surface area contributed by atoms with Crippen LogP contribution in [0.4, 0.5) is 0 Å². The first-order valence-electron chi connectivity index (χ1n) is 3.07. The van der Waals surface area contributed by atoms with Crippen LogP contribution in [-0.2, 0) is 9.22 Å². The first-order valence-corrected chi connectivity index (χ1v) is 3.88. The van der Waals surface area contributed by atoms with Crippen LogP contribution in [-0.4, -0.2) is 16.5 Å². The number of hydrogen-bond donors (Lipinski definition) is 0. The zero-order valence-electron chi connectivity index (χ0n) is 7.22. The molecule has 0 saturated carbocycles. The Bertz CT molecular complexity index is 185. The summed E-state index contributed by atoms with van der Waals surface area (Å²) >= 11 is 0. The molecule has 64 valence electrons. The van der Waals surface area contributed by atoms with Gasteiger partial charge < -0.3 is 4.43 Å².